The molecule has 3 aliphatic rings. The van der Waals surface area contributed by atoms with Crippen LogP contribution in [0.2, 0.25) is 0 Å². The molecular formula is C19H24ClFN4O2. The van der Waals surface area contributed by atoms with Crippen LogP contribution in [-0.4, -0.2) is 49.0 Å². The monoisotopic (exact) mass is 394 g/mol. The summed E-state index contributed by atoms with van der Waals surface area (Å²) < 4.78 is 18.9. The van der Waals surface area contributed by atoms with E-state index in [1.165, 1.54) is 13.2 Å². The van der Waals surface area contributed by atoms with Gasteiger partial charge in [-0.3, -0.25) is 9.98 Å². The minimum Gasteiger partial charge on any atom is -0.494 e. The summed E-state index contributed by atoms with van der Waals surface area (Å²) in [7, 11) is 1.45. The van der Waals surface area contributed by atoms with E-state index in [-0.39, 0.29) is 23.6 Å². The van der Waals surface area contributed by atoms with Gasteiger partial charge in [0.1, 0.15) is 5.71 Å². The van der Waals surface area contributed by atoms with Crippen LogP contribution in [0.3, 0.4) is 0 Å². The number of piperidine rings is 1. The molecule has 27 heavy (non-hydrogen) atoms. The molecule has 3 heterocycles. The SMILES string of the molecule is COc1ccc(C2=CC3=NC(C)(C4CCNCC4)N=CC3=N2)cc1F.Cl.O. The summed E-state index contributed by atoms with van der Waals surface area (Å²) in [5.74, 6) is 0.255. The summed E-state index contributed by atoms with van der Waals surface area (Å²) in [6.45, 7) is 4.10. The lowest BCUT2D eigenvalue weighted by atomic mass is 9.85. The molecule has 0 bridgehead atoms. The van der Waals surface area contributed by atoms with Crippen LogP contribution in [0.1, 0.15) is 25.3 Å². The third kappa shape index (κ3) is 3.95. The number of halogens is 2. The van der Waals surface area contributed by atoms with Crippen LogP contribution in [0.5, 0.6) is 5.75 Å². The molecule has 0 saturated carbocycles. The topological polar surface area (TPSA) is 89.8 Å². The molecule has 0 aliphatic carbocycles. The molecule has 0 aromatic heterocycles. The number of rotatable bonds is 3. The molecule has 4 rings (SSSR count). The van der Waals surface area contributed by atoms with Crippen molar-refractivity contribution in [2.24, 2.45) is 20.9 Å². The summed E-state index contributed by atoms with van der Waals surface area (Å²) >= 11 is 0. The van der Waals surface area contributed by atoms with Crippen LogP contribution in [0.15, 0.2) is 39.3 Å². The van der Waals surface area contributed by atoms with E-state index in [1.807, 2.05) is 12.3 Å². The Hall–Kier alpha value is -2.09. The molecule has 1 aromatic rings. The molecule has 1 aromatic carbocycles. The van der Waals surface area contributed by atoms with Gasteiger partial charge in [0.15, 0.2) is 17.2 Å². The van der Waals surface area contributed by atoms with E-state index >= 15 is 0 Å². The second kappa shape index (κ2) is 8.29. The highest BCUT2D eigenvalue weighted by molar-refractivity contribution is 6.68. The number of allylic oxidation sites excluding steroid dienone is 1. The lowest BCUT2D eigenvalue weighted by molar-refractivity contribution is 0.244. The maximum Gasteiger partial charge on any atom is 0.165 e. The summed E-state index contributed by atoms with van der Waals surface area (Å²) in [4.78, 5) is 14.2. The van der Waals surface area contributed by atoms with E-state index < -0.39 is 11.5 Å². The maximum absolute atomic E-state index is 14.0. The molecule has 0 amide bonds. The molecule has 0 spiro atoms. The van der Waals surface area contributed by atoms with Gasteiger partial charge in [0, 0.05) is 11.5 Å². The second-order valence-corrected chi connectivity index (χ2v) is 6.75. The van der Waals surface area contributed by atoms with Gasteiger partial charge >= 0.3 is 0 Å². The predicted molar refractivity (Wildman–Crippen MR) is 109 cm³/mol. The van der Waals surface area contributed by atoms with Gasteiger partial charge in [-0.05, 0) is 57.1 Å². The number of nitrogens with zero attached hydrogens (tertiary/aromatic N) is 3. The fourth-order valence-corrected chi connectivity index (χ4v) is 3.61. The summed E-state index contributed by atoms with van der Waals surface area (Å²) in [5, 5.41) is 3.38. The van der Waals surface area contributed by atoms with Gasteiger partial charge in [0.2, 0.25) is 0 Å². The van der Waals surface area contributed by atoms with Gasteiger partial charge in [-0.25, -0.2) is 9.38 Å². The normalized spacial score (nSPS) is 24.0. The zero-order valence-corrected chi connectivity index (χ0v) is 16.1. The fraction of sp³-hybridized carbons (Fsp3) is 0.421. The van der Waals surface area contributed by atoms with Crippen LogP contribution in [-0.2, 0) is 0 Å². The Labute approximate surface area is 164 Å². The zero-order chi connectivity index (χ0) is 17.4. The first-order valence-electron chi connectivity index (χ1n) is 8.59. The van der Waals surface area contributed by atoms with Crippen molar-refractivity contribution in [3.05, 3.63) is 35.7 Å². The van der Waals surface area contributed by atoms with E-state index in [9.17, 15) is 4.39 Å². The van der Waals surface area contributed by atoms with Crippen molar-refractivity contribution in [1.29, 1.82) is 0 Å². The summed E-state index contributed by atoms with van der Waals surface area (Å²) in [6, 6.07) is 4.86. The molecule has 8 heteroatoms. The van der Waals surface area contributed by atoms with Gasteiger partial charge in [0.05, 0.1) is 24.7 Å². The number of aliphatic imine (C=N–C) groups is 3. The van der Waals surface area contributed by atoms with Crippen molar-refractivity contribution in [3.8, 4) is 5.75 Å². The standard InChI is InChI=1S/C19H21FN4O.ClH.H2O/c1-19(13-5-7-21-8-6-13)22-11-17-16(24-19)10-15(23-17)12-3-4-18(25-2)14(20)9-12;;/h3-4,9-11,13,21H,5-8H2,1-2H3;1H;1H2. The molecule has 3 aliphatic heterocycles. The van der Waals surface area contributed by atoms with Gasteiger partial charge in [-0.2, -0.15) is 0 Å². The number of ether oxygens (including phenoxy) is 1. The van der Waals surface area contributed by atoms with E-state index in [0.717, 1.165) is 37.4 Å². The van der Waals surface area contributed by atoms with Crippen molar-refractivity contribution in [1.82, 2.24) is 5.32 Å². The Bertz CT molecular complexity index is 831. The molecule has 0 radical (unpaired) electrons. The minimum absolute atomic E-state index is 0. The van der Waals surface area contributed by atoms with Crippen LogP contribution in [0.4, 0.5) is 4.39 Å². The maximum atomic E-state index is 14.0. The molecule has 1 saturated heterocycles. The summed E-state index contributed by atoms with van der Waals surface area (Å²) in [5.41, 5.74) is 2.56. The van der Waals surface area contributed by atoms with E-state index in [4.69, 9.17) is 14.7 Å². The van der Waals surface area contributed by atoms with E-state index in [1.54, 1.807) is 12.1 Å². The highest BCUT2D eigenvalue weighted by Crippen LogP contribution is 2.34. The van der Waals surface area contributed by atoms with Crippen LogP contribution in [0.25, 0.3) is 5.70 Å². The van der Waals surface area contributed by atoms with Gasteiger partial charge in [0.25, 0.3) is 0 Å². The molecule has 6 nitrogen and oxygen atoms in total. The van der Waals surface area contributed by atoms with Gasteiger partial charge in [-0.1, -0.05) is 0 Å². The second-order valence-electron chi connectivity index (χ2n) is 6.75. The Kier molecular flexibility index (Phi) is 6.51. The number of methoxy groups -OCH3 is 1. The fourth-order valence-electron chi connectivity index (χ4n) is 3.61. The molecule has 3 N–H and O–H groups in total. The first-order valence-corrected chi connectivity index (χ1v) is 8.59. The largest absolute Gasteiger partial charge is 0.494 e. The highest BCUT2D eigenvalue weighted by atomic mass is 35.5. The quantitative estimate of drug-likeness (QED) is 0.853. The third-order valence-electron chi connectivity index (χ3n) is 5.13. The smallest absolute Gasteiger partial charge is 0.165 e. The molecule has 146 valence electrons. The average molecular weight is 395 g/mol. The van der Waals surface area contributed by atoms with E-state index in [2.05, 4.69) is 17.2 Å². The van der Waals surface area contributed by atoms with Crippen molar-refractivity contribution in [3.63, 3.8) is 0 Å². The Balaban J connectivity index is 0.00000131. The number of fused-ring (bicyclic) bond motifs is 1. The first kappa shape index (κ1) is 21.2. The number of nitrogens with one attached hydrogen (secondary N) is 1. The Morgan fingerprint density at radius 3 is 2.63 bits per heavy atom. The van der Waals surface area contributed by atoms with Gasteiger partial charge in [-0.15, -0.1) is 12.4 Å². The number of benzene rings is 1. The average Bonchev–Trinajstić information content (AvgIpc) is 3.05. The predicted octanol–water partition coefficient (Wildman–Crippen LogP) is 2.47. The van der Waals surface area contributed by atoms with Crippen LogP contribution < -0.4 is 10.1 Å². The number of hydrogen-bond acceptors (Lipinski definition) is 5. The van der Waals surface area contributed by atoms with Gasteiger partial charge < -0.3 is 15.5 Å². The van der Waals surface area contributed by atoms with Crippen LogP contribution >= 0.6 is 12.4 Å². The van der Waals surface area contributed by atoms with Crippen molar-refractivity contribution in [2.45, 2.75) is 25.4 Å². The molecular weight excluding hydrogens is 371 g/mol. The van der Waals surface area contributed by atoms with Crippen LogP contribution in [0, 0.1) is 11.7 Å². The van der Waals surface area contributed by atoms with Crippen molar-refractivity contribution < 1.29 is 14.6 Å². The van der Waals surface area contributed by atoms with Crippen molar-refractivity contribution >= 4 is 35.7 Å². The Morgan fingerprint density at radius 2 is 1.96 bits per heavy atom. The van der Waals surface area contributed by atoms with Crippen molar-refractivity contribution in [2.75, 3.05) is 20.2 Å². The lowest BCUT2D eigenvalue weighted by Gasteiger charge is -2.35. The van der Waals surface area contributed by atoms with E-state index in [0.29, 0.717) is 17.2 Å². The first-order chi connectivity index (χ1) is 12.1. The lowest BCUT2D eigenvalue weighted by Crippen LogP contribution is -2.42. The zero-order valence-electron chi connectivity index (χ0n) is 15.3. The number of hydrogen-bond donors (Lipinski definition) is 1. The minimum atomic E-state index is -0.437. The third-order valence-corrected chi connectivity index (χ3v) is 5.13. The molecule has 1 atom stereocenters. The highest BCUT2D eigenvalue weighted by Gasteiger charge is 2.37. The molecule has 1 fully saturated rings. The Morgan fingerprint density at radius 1 is 1.22 bits per heavy atom. The summed E-state index contributed by atoms with van der Waals surface area (Å²) in [6.07, 6.45) is 5.86. The molecule has 1 unspecified atom stereocenters.